The van der Waals surface area contributed by atoms with E-state index in [1.54, 1.807) is 7.05 Å². The van der Waals surface area contributed by atoms with E-state index in [9.17, 15) is 45.1 Å². The molecule has 16 heteroatoms. The number of amides is 1. The largest absolute Gasteiger partial charge is 0.507 e. The standard InChI is InChI=1S/C21H17F5N4O6S/c1-28-6-5-27-13(28)8-30(10-3-4-11(21(33)34)12(31)7-10)14(32)9-29(2)37(35,36)20-18(25)16(23)15(22)17(24)19(20)26/h3-7,31H,8-9H2,1-2H3,(H,33,34). The zero-order chi connectivity index (χ0) is 27.8. The van der Waals surface area contributed by atoms with Crippen LogP contribution in [0, 0.1) is 29.1 Å². The minimum Gasteiger partial charge on any atom is -0.507 e. The van der Waals surface area contributed by atoms with E-state index in [1.165, 1.54) is 17.0 Å². The van der Waals surface area contributed by atoms with Crippen LogP contribution in [0.4, 0.5) is 27.6 Å². The average molecular weight is 548 g/mol. The van der Waals surface area contributed by atoms with E-state index in [-0.39, 0.29) is 22.4 Å². The van der Waals surface area contributed by atoms with Crippen LogP contribution in [-0.4, -0.2) is 58.0 Å². The summed E-state index contributed by atoms with van der Waals surface area (Å²) < 4.78 is 95.9. The highest BCUT2D eigenvalue weighted by Crippen LogP contribution is 2.30. The van der Waals surface area contributed by atoms with Gasteiger partial charge in [0.2, 0.25) is 21.7 Å². The number of benzene rings is 2. The number of anilines is 1. The topological polar surface area (TPSA) is 133 Å². The maximum atomic E-state index is 14.2. The predicted octanol–water partition coefficient (Wildman–Crippen LogP) is 2.37. The molecule has 1 heterocycles. The number of phenols is 1. The second-order valence-electron chi connectivity index (χ2n) is 7.60. The Morgan fingerprint density at radius 1 is 1.03 bits per heavy atom. The van der Waals surface area contributed by atoms with Gasteiger partial charge in [-0.05, 0) is 12.1 Å². The highest BCUT2D eigenvalue weighted by Gasteiger charge is 2.37. The quantitative estimate of drug-likeness (QED) is 0.251. The SMILES string of the molecule is CN(CC(=O)N(Cc1nccn1C)c1ccc(C(=O)O)c(O)c1)S(=O)(=O)c1c(F)c(F)c(F)c(F)c1F. The lowest BCUT2D eigenvalue weighted by Gasteiger charge is -2.26. The van der Waals surface area contributed by atoms with Gasteiger partial charge in [0.05, 0.1) is 13.1 Å². The summed E-state index contributed by atoms with van der Waals surface area (Å²) in [4.78, 5) is 27.1. The van der Waals surface area contributed by atoms with Gasteiger partial charge in [0.1, 0.15) is 17.1 Å². The molecule has 2 aromatic carbocycles. The van der Waals surface area contributed by atoms with E-state index >= 15 is 0 Å². The summed E-state index contributed by atoms with van der Waals surface area (Å²) in [6.07, 6.45) is 2.89. The molecular weight excluding hydrogens is 531 g/mol. The number of carbonyl (C=O) groups excluding carboxylic acids is 1. The van der Waals surface area contributed by atoms with Crippen molar-refractivity contribution in [1.82, 2.24) is 13.9 Å². The first kappa shape index (κ1) is 27.5. The van der Waals surface area contributed by atoms with Crippen LogP contribution in [0.15, 0.2) is 35.5 Å². The fourth-order valence-corrected chi connectivity index (χ4v) is 4.43. The molecule has 0 spiro atoms. The minimum atomic E-state index is -5.43. The van der Waals surface area contributed by atoms with Crippen LogP contribution in [0.3, 0.4) is 0 Å². The van der Waals surface area contributed by atoms with Gasteiger partial charge in [0.25, 0.3) is 0 Å². The molecule has 3 aromatic rings. The number of hydrogen-bond donors (Lipinski definition) is 2. The van der Waals surface area contributed by atoms with E-state index in [0.717, 1.165) is 23.1 Å². The first-order chi connectivity index (χ1) is 17.2. The van der Waals surface area contributed by atoms with Crippen LogP contribution in [0.25, 0.3) is 0 Å². The van der Waals surface area contributed by atoms with Gasteiger partial charge in [0.15, 0.2) is 28.2 Å². The average Bonchev–Trinajstić information content (AvgIpc) is 3.23. The van der Waals surface area contributed by atoms with Gasteiger partial charge in [-0.15, -0.1) is 0 Å². The summed E-state index contributed by atoms with van der Waals surface area (Å²) in [6.45, 7) is -1.50. The Morgan fingerprint density at radius 3 is 2.08 bits per heavy atom. The summed E-state index contributed by atoms with van der Waals surface area (Å²) in [5, 5.41) is 19.1. The van der Waals surface area contributed by atoms with E-state index in [1.807, 2.05) is 0 Å². The van der Waals surface area contributed by atoms with Crippen molar-refractivity contribution in [3.05, 3.63) is 71.1 Å². The normalized spacial score (nSPS) is 11.7. The molecule has 1 amide bonds. The van der Waals surface area contributed by atoms with Crippen molar-refractivity contribution in [1.29, 1.82) is 0 Å². The number of carboxylic acids is 1. The summed E-state index contributed by atoms with van der Waals surface area (Å²) >= 11 is 0. The van der Waals surface area contributed by atoms with Crippen molar-refractivity contribution in [3.63, 3.8) is 0 Å². The molecule has 0 fully saturated rings. The zero-order valence-corrected chi connectivity index (χ0v) is 19.7. The number of sulfonamides is 1. The lowest BCUT2D eigenvalue weighted by Crippen LogP contribution is -2.42. The molecule has 0 atom stereocenters. The van der Waals surface area contributed by atoms with Gasteiger partial charge < -0.3 is 19.7 Å². The fraction of sp³-hybridized carbons (Fsp3) is 0.190. The Hall–Kier alpha value is -4.05. The van der Waals surface area contributed by atoms with Crippen LogP contribution < -0.4 is 4.90 Å². The number of imidazole rings is 1. The first-order valence-electron chi connectivity index (χ1n) is 9.99. The second-order valence-corrected chi connectivity index (χ2v) is 9.58. The molecule has 0 bridgehead atoms. The molecule has 0 aliphatic carbocycles. The summed E-state index contributed by atoms with van der Waals surface area (Å²) in [5.74, 6) is -15.8. The maximum absolute atomic E-state index is 14.2. The number of aromatic nitrogens is 2. The number of halogens is 5. The fourth-order valence-electron chi connectivity index (χ4n) is 3.21. The van der Waals surface area contributed by atoms with Gasteiger partial charge >= 0.3 is 5.97 Å². The molecule has 3 rings (SSSR count). The van der Waals surface area contributed by atoms with Crippen LogP contribution in [0.5, 0.6) is 5.75 Å². The summed E-state index contributed by atoms with van der Waals surface area (Å²) in [5.41, 5.74) is -0.614. The van der Waals surface area contributed by atoms with Crippen molar-refractivity contribution in [2.24, 2.45) is 7.05 Å². The first-order valence-corrected chi connectivity index (χ1v) is 11.4. The molecule has 0 saturated carbocycles. The minimum absolute atomic E-state index is 0.0739. The van der Waals surface area contributed by atoms with Crippen molar-refractivity contribution >= 4 is 27.6 Å². The van der Waals surface area contributed by atoms with Crippen LogP contribution in [0.1, 0.15) is 16.2 Å². The molecule has 0 aliphatic rings. The van der Waals surface area contributed by atoms with Gasteiger partial charge in [-0.25, -0.2) is 40.1 Å². The Labute approximate surface area is 205 Å². The summed E-state index contributed by atoms with van der Waals surface area (Å²) in [6, 6.07) is 3.01. The van der Waals surface area contributed by atoms with Crippen molar-refractivity contribution in [2.75, 3.05) is 18.5 Å². The molecule has 2 N–H and O–H groups in total. The Bertz CT molecular complexity index is 1480. The molecule has 198 valence electrons. The monoisotopic (exact) mass is 548 g/mol. The number of carboxylic acid groups (broad SMARTS) is 1. The van der Waals surface area contributed by atoms with Crippen molar-refractivity contribution in [3.8, 4) is 5.75 Å². The molecule has 0 saturated heterocycles. The van der Waals surface area contributed by atoms with Gasteiger partial charge in [-0.3, -0.25) is 4.79 Å². The number of aryl methyl sites for hydroxylation is 1. The third kappa shape index (κ3) is 5.10. The number of rotatable bonds is 8. The molecule has 0 aliphatic heterocycles. The smallest absolute Gasteiger partial charge is 0.339 e. The van der Waals surface area contributed by atoms with E-state index in [2.05, 4.69) is 4.98 Å². The van der Waals surface area contributed by atoms with Crippen LogP contribution in [-0.2, 0) is 28.4 Å². The third-order valence-corrected chi connectivity index (χ3v) is 7.06. The van der Waals surface area contributed by atoms with Crippen LogP contribution >= 0.6 is 0 Å². The highest BCUT2D eigenvalue weighted by atomic mass is 32.2. The van der Waals surface area contributed by atoms with Gasteiger partial charge in [-0.1, -0.05) is 0 Å². The molecular formula is C21H17F5N4O6S. The maximum Gasteiger partial charge on any atom is 0.339 e. The number of nitrogens with zero attached hydrogens (tertiary/aromatic N) is 4. The number of aromatic hydroxyl groups is 1. The molecule has 0 radical (unpaired) electrons. The van der Waals surface area contributed by atoms with Gasteiger partial charge in [0, 0.05) is 38.2 Å². The third-order valence-electron chi connectivity index (χ3n) is 5.24. The number of hydrogen-bond acceptors (Lipinski definition) is 6. The second kappa shape index (κ2) is 10.1. The predicted molar refractivity (Wildman–Crippen MR) is 116 cm³/mol. The van der Waals surface area contributed by atoms with E-state index in [0.29, 0.717) is 7.05 Å². The number of carbonyl (C=O) groups is 2. The number of aromatic carboxylic acids is 1. The molecule has 10 nitrogen and oxygen atoms in total. The number of likely N-dealkylation sites (N-methyl/N-ethyl adjacent to an activating group) is 1. The van der Waals surface area contributed by atoms with E-state index < -0.39 is 73.7 Å². The Kier molecular flexibility index (Phi) is 7.54. The van der Waals surface area contributed by atoms with Crippen LogP contribution in [0.2, 0.25) is 0 Å². The van der Waals surface area contributed by atoms with Gasteiger partial charge in [-0.2, -0.15) is 4.31 Å². The Balaban J connectivity index is 2.01. The van der Waals surface area contributed by atoms with E-state index in [4.69, 9.17) is 5.11 Å². The molecule has 37 heavy (non-hydrogen) atoms. The highest BCUT2D eigenvalue weighted by molar-refractivity contribution is 7.89. The van der Waals surface area contributed by atoms with Crippen molar-refractivity contribution in [2.45, 2.75) is 11.4 Å². The lowest BCUT2D eigenvalue weighted by atomic mass is 10.1. The zero-order valence-electron chi connectivity index (χ0n) is 18.9. The Morgan fingerprint density at radius 2 is 1.59 bits per heavy atom. The lowest BCUT2D eigenvalue weighted by molar-refractivity contribution is -0.118. The molecule has 0 unspecified atom stereocenters. The molecule has 1 aromatic heterocycles. The summed E-state index contributed by atoms with van der Waals surface area (Å²) in [7, 11) is -3.19. The van der Waals surface area contributed by atoms with Crippen molar-refractivity contribution < 1.29 is 50.2 Å².